The van der Waals surface area contributed by atoms with Crippen LogP contribution in [0.25, 0.3) is 6.08 Å². The highest BCUT2D eigenvalue weighted by molar-refractivity contribution is 7.98. The molecule has 0 bridgehead atoms. The van der Waals surface area contributed by atoms with E-state index in [1.54, 1.807) is 11.3 Å². The summed E-state index contributed by atoms with van der Waals surface area (Å²) < 4.78 is 4.12. The fourth-order valence-corrected chi connectivity index (χ4v) is 2.28. The molecule has 2 heterocycles. The lowest BCUT2D eigenvalue weighted by molar-refractivity contribution is 1.43. The van der Waals surface area contributed by atoms with E-state index in [2.05, 4.69) is 22.6 Å². The average Bonchev–Trinajstić information content (AvgIpc) is 2.81. The van der Waals surface area contributed by atoms with E-state index in [0.29, 0.717) is 0 Å². The van der Waals surface area contributed by atoms with E-state index < -0.39 is 0 Å². The number of hydrogen-bond acceptors (Lipinski definition) is 3. The lowest BCUT2D eigenvalue weighted by Crippen LogP contribution is -1.73. The predicted molar refractivity (Wildman–Crippen MR) is 74.1 cm³/mol. The Hall–Kier alpha value is -1.32. The molecule has 0 amide bonds. The van der Waals surface area contributed by atoms with Crippen LogP contribution in [0.2, 0.25) is 0 Å². The van der Waals surface area contributed by atoms with Crippen molar-refractivity contribution in [3.63, 3.8) is 0 Å². The highest BCUT2D eigenvalue weighted by atomic mass is 32.2. The summed E-state index contributed by atoms with van der Waals surface area (Å²) in [6, 6.07) is 12.3. The molecule has 1 aliphatic rings. The summed E-state index contributed by atoms with van der Waals surface area (Å²) in [5.74, 6) is 0. The SMILES string of the molecule is C1=Cc2ccccc2SN=C1.c1ccsc1. The van der Waals surface area contributed by atoms with E-state index in [4.69, 9.17) is 0 Å². The van der Waals surface area contributed by atoms with Crippen molar-refractivity contribution >= 4 is 35.6 Å². The Balaban J connectivity index is 0.000000162. The summed E-state index contributed by atoms with van der Waals surface area (Å²) in [6.45, 7) is 0. The molecule has 16 heavy (non-hydrogen) atoms. The molecule has 0 aliphatic carbocycles. The van der Waals surface area contributed by atoms with Gasteiger partial charge in [-0.05, 0) is 28.5 Å². The Kier molecular flexibility index (Phi) is 4.40. The molecule has 0 N–H and O–H groups in total. The zero-order valence-electron chi connectivity index (χ0n) is 8.61. The van der Waals surface area contributed by atoms with Gasteiger partial charge in [0.1, 0.15) is 0 Å². The minimum Gasteiger partial charge on any atom is -0.219 e. The first-order valence-electron chi connectivity index (χ1n) is 4.90. The van der Waals surface area contributed by atoms with Crippen molar-refractivity contribution in [2.45, 2.75) is 4.90 Å². The topological polar surface area (TPSA) is 12.4 Å². The van der Waals surface area contributed by atoms with Crippen molar-refractivity contribution in [3.8, 4) is 0 Å². The normalized spacial score (nSPS) is 12.2. The Bertz CT molecular complexity index is 455. The van der Waals surface area contributed by atoms with Gasteiger partial charge in [0, 0.05) is 23.1 Å². The second-order valence-corrected chi connectivity index (χ2v) is 4.69. The first-order chi connectivity index (χ1) is 7.97. The van der Waals surface area contributed by atoms with E-state index in [9.17, 15) is 0 Å². The highest BCUT2D eigenvalue weighted by Crippen LogP contribution is 2.25. The molecule has 0 unspecified atom stereocenters. The van der Waals surface area contributed by atoms with Gasteiger partial charge in [-0.2, -0.15) is 11.3 Å². The largest absolute Gasteiger partial charge is 0.219 e. The Morgan fingerprint density at radius 1 is 0.938 bits per heavy atom. The lowest BCUT2D eigenvalue weighted by atomic mass is 10.2. The number of rotatable bonds is 0. The molecule has 3 rings (SSSR count). The number of nitrogens with zero attached hydrogens (tertiary/aromatic N) is 1. The second kappa shape index (κ2) is 6.30. The summed E-state index contributed by atoms with van der Waals surface area (Å²) in [5.41, 5.74) is 1.25. The molecule has 80 valence electrons. The second-order valence-electron chi connectivity index (χ2n) is 3.04. The Morgan fingerprint density at radius 2 is 1.75 bits per heavy atom. The van der Waals surface area contributed by atoms with Gasteiger partial charge in [0.15, 0.2) is 0 Å². The van der Waals surface area contributed by atoms with E-state index in [-0.39, 0.29) is 0 Å². The fourth-order valence-electron chi connectivity index (χ4n) is 1.20. The van der Waals surface area contributed by atoms with Gasteiger partial charge in [-0.25, -0.2) is 4.40 Å². The standard InChI is InChI=1S/C9H7NS.C4H4S/c1-2-6-9-8(4-1)5-3-7-10-11-9;1-2-4-5-3-1/h1-7H;1-4H. The molecule has 0 saturated heterocycles. The van der Waals surface area contributed by atoms with Gasteiger partial charge in [-0.3, -0.25) is 0 Å². The first-order valence-corrected chi connectivity index (χ1v) is 6.62. The summed E-state index contributed by atoms with van der Waals surface area (Å²) in [5, 5.41) is 4.08. The monoisotopic (exact) mass is 245 g/mol. The van der Waals surface area contributed by atoms with Crippen LogP contribution in [-0.2, 0) is 0 Å². The lowest BCUT2D eigenvalue weighted by Gasteiger charge is -1.97. The molecule has 1 nitrogen and oxygen atoms in total. The first kappa shape index (κ1) is 11.2. The molecule has 0 radical (unpaired) electrons. The predicted octanol–water partition coefficient (Wildman–Crippen LogP) is 4.54. The van der Waals surface area contributed by atoms with Crippen LogP contribution in [0.5, 0.6) is 0 Å². The quantitative estimate of drug-likeness (QED) is 0.621. The summed E-state index contributed by atoms with van der Waals surface area (Å²) >= 11 is 3.23. The number of allylic oxidation sites excluding steroid dienone is 1. The number of hydrogen-bond donors (Lipinski definition) is 0. The minimum atomic E-state index is 1.22. The van der Waals surface area contributed by atoms with Gasteiger partial charge in [0.25, 0.3) is 0 Å². The Morgan fingerprint density at radius 3 is 2.50 bits per heavy atom. The molecule has 2 aromatic rings. The van der Waals surface area contributed by atoms with Crippen LogP contribution in [0.1, 0.15) is 5.56 Å². The van der Waals surface area contributed by atoms with Crippen LogP contribution >= 0.6 is 23.3 Å². The van der Waals surface area contributed by atoms with Crippen molar-refractivity contribution in [2.24, 2.45) is 4.40 Å². The molecule has 3 heteroatoms. The van der Waals surface area contributed by atoms with Crippen LogP contribution in [0.4, 0.5) is 0 Å². The fraction of sp³-hybridized carbons (Fsp3) is 0. The maximum atomic E-state index is 4.12. The summed E-state index contributed by atoms with van der Waals surface area (Å²) in [6.07, 6.45) is 5.84. The van der Waals surface area contributed by atoms with Gasteiger partial charge < -0.3 is 0 Å². The zero-order valence-corrected chi connectivity index (χ0v) is 10.2. The summed E-state index contributed by atoms with van der Waals surface area (Å²) in [4.78, 5) is 1.22. The minimum absolute atomic E-state index is 1.22. The van der Waals surface area contributed by atoms with Crippen molar-refractivity contribution in [2.75, 3.05) is 0 Å². The number of benzene rings is 1. The smallest absolute Gasteiger partial charge is 0.0377 e. The molecule has 1 aromatic carbocycles. The van der Waals surface area contributed by atoms with Crippen LogP contribution in [-0.4, -0.2) is 6.21 Å². The molecule has 0 atom stereocenters. The van der Waals surface area contributed by atoms with E-state index >= 15 is 0 Å². The third kappa shape index (κ3) is 3.36. The van der Waals surface area contributed by atoms with Crippen molar-refractivity contribution in [1.82, 2.24) is 0 Å². The van der Waals surface area contributed by atoms with Gasteiger partial charge in [-0.1, -0.05) is 36.4 Å². The van der Waals surface area contributed by atoms with Gasteiger partial charge in [-0.15, -0.1) is 0 Å². The maximum Gasteiger partial charge on any atom is 0.0377 e. The Labute approximate surface area is 104 Å². The summed E-state index contributed by atoms with van der Waals surface area (Å²) in [7, 11) is 0. The number of thiophene rings is 1. The van der Waals surface area contributed by atoms with Crippen molar-refractivity contribution in [3.05, 3.63) is 58.8 Å². The van der Waals surface area contributed by atoms with Crippen molar-refractivity contribution < 1.29 is 0 Å². The molecular formula is C13H11NS2. The molecular weight excluding hydrogens is 234 g/mol. The van der Waals surface area contributed by atoms with Gasteiger partial charge >= 0.3 is 0 Å². The third-order valence-electron chi connectivity index (χ3n) is 1.92. The van der Waals surface area contributed by atoms with Crippen LogP contribution in [0, 0.1) is 0 Å². The van der Waals surface area contributed by atoms with Crippen LogP contribution < -0.4 is 0 Å². The molecule has 0 spiro atoms. The molecule has 0 saturated carbocycles. The number of fused-ring (bicyclic) bond motifs is 1. The third-order valence-corrected chi connectivity index (χ3v) is 3.34. The molecule has 1 aromatic heterocycles. The van der Waals surface area contributed by atoms with E-state index in [1.165, 1.54) is 22.4 Å². The zero-order chi connectivity index (χ0) is 11.1. The average molecular weight is 245 g/mol. The van der Waals surface area contributed by atoms with E-state index in [1.807, 2.05) is 47.3 Å². The van der Waals surface area contributed by atoms with Crippen LogP contribution in [0.15, 0.2) is 62.5 Å². The van der Waals surface area contributed by atoms with E-state index in [0.717, 1.165) is 0 Å². The molecule has 1 aliphatic heterocycles. The van der Waals surface area contributed by atoms with Crippen LogP contribution in [0.3, 0.4) is 0 Å². The highest BCUT2D eigenvalue weighted by Gasteiger charge is 1.98. The maximum absolute atomic E-state index is 4.12. The van der Waals surface area contributed by atoms with Gasteiger partial charge in [0.05, 0.1) is 0 Å². The molecule has 0 fully saturated rings. The van der Waals surface area contributed by atoms with Gasteiger partial charge in [0.2, 0.25) is 0 Å². The van der Waals surface area contributed by atoms with Crippen molar-refractivity contribution in [1.29, 1.82) is 0 Å².